The van der Waals surface area contributed by atoms with Gasteiger partial charge in [-0.3, -0.25) is 0 Å². The van der Waals surface area contributed by atoms with E-state index in [1.807, 2.05) is 30.3 Å². The maximum absolute atomic E-state index is 12.0. The molecule has 0 saturated carbocycles. The molecular weight excluding hydrogens is 322 g/mol. The Balaban J connectivity index is 2.28. The summed E-state index contributed by atoms with van der Waals surface area (Å²) in [5, 5.41) is 5.39. The van der Waals surface area contributed by atoms with Gasteiger partial charge in [-0.15, -0.1) is 0 Å². The summed E-state index contributed by atoms with van der Waals surface area (Å²) < 4.78 is 29.7. The Labute approximate surface area is 142 Å². The molecule has 2 aromatic carbocycles. The number of sulfonamides is 1. The van der Waals surface area contributed by atoms with Gasteiger partial charge in [-0.05, 0) is 18.1 Å². The summed E-state index contributed by atoms with van der Waals surface area (Å²) in [6, 6.07) is 16.6. The van der Waals surface area contributed by atoms with Gasteiger partial charge in [0.25, 0.3) is 0 Å². The van der Waals surface area contributed by atoms with Crippen LogP contribution in [0.2, 0.25) is 0 Å². The maximum Gasteiger partial charge on any atom is 0.238 e. The van der Waals surface area contributed by atoms with Crippen LogP contribution in [0.3, 0.4) is 0 Å². The molecule has 124 valence electrons. The van der Waals surface area contributed by atoms with Gasteiger partial charge in [0, 0.05) is 23.1 Å². The van der Waals surface area contributed by atoms with Crippen LogP contribution in [0, 0.1) is 0 Å². The number of primary sulfonamides is 1. The summed E-state index contributed by atoms with van der Waals surface area (Å²) in [6.45, 7) is 2.08. The highest BCUT2D eigenvalue weighted by Crippen LogP contribution is 2.39. The minimum atomic E-state index is -3.83. The zero-order chi connectivity index (χ0) is 17.2. The molecule has 1 aromatic heterocycles. The molecule has 0 fully saturated rings. The first-order valence-corrected chi connectivity index (χ1v) is 9.35. The predicted molar refractivity (Wildman–Crippen MR) is 94.9 cm³/mol. The Hall–Kier alpha value is -2.37. The SMILES string of the molecule is CCCc1occ(-c2ccccc2S(N)(=O)=O)c1-c1ccccc1. The minimum absolute atomic E-state index is 0.103. The van der Waals surface area contributed by atoms with E-state index in [9.17, 15) is 8.42 Å². The quantitative estimate of drug-likeness (QED) is 0.755. The van der Waals surface area contributed by atoms with Crippen LogP contribution < -0.4 is 5.14 Å². The highest BCUT2D eigenvalue weighted by atomic mass is 32.2. The third-order valence-electron chi connectivity index (χ3n) is 3.89. The van der Waals surface area contributed by atoms with Crippen molar-refractivity contribution in [2.24, 2.45) is 5.14 Å². The van der Waals surface area contributed by atoms with Crippen molar-refractivity contribution in [3.05, 3.63) is 66.6 Å². The fraction of sp³-hybridized carbons (Fsp3) is 0.158. The number of benzene rings is 2. The lowest BCUT2D eigenvalue weighted by Gasteiger charge is -2.09. The first-order chi connectivity index (χ1) is 11.5. The molecule has 0 saturated heterocycles. The molecule has 1 heterocycles. The van der Waals surface area contributed by atoms with E-state index in [0.717, 1.165) is 35.3 Å². The van der Waals surface area contributed by atoms with Gasteiger partial charge in [0.05, 0.1) is 11.2 Å². The van der Waals surface area contributed by atoms with Crippen molar-refractivity contribution in [2.75, 3.05) is 0 Å². The number of aryl methyl sites for hydroxylation is 1. The van der Waals surface area contributed by atoms with Gasteiger partial charge in [-0.1, -0.05) is 55.5 Å². The number of hydrogen-bond acceptors (Lipinski definition) is 3. The third kappa shape index (κ3) is 3.13. The van der Waals surface area contributed by atoms with Crippen LogP contribution in [0.5, 0.6) is 0 Å². The fourth-order valence-electron chi connectivity index (χ4n) is 2.87. The Kier molecular flexibility index (Phi) is 4.55. The number of furan rings is 1. The topological polar surface area (TPSA) is 73.3 Å². The molecule has 0 bridgehead atoms. The van der Waals surface area contributed by atoms with E-state index in [2.05, 4.69) is 6.92 Å². The predicted octanol–water partition coefficient (Wildman–Crippen LogP) is 4.21. The maximum atomic E-state index is 12.0. The zero-order valence-corrected chi connectivity index (χ0v) is 14.2. The monoisotopic (exact) mass is 341 g/mol. The molecule has 0 spiro atoms. The molecule has 0 amide bonds. The van der Waals surface area contributed by atoms with Gasteiger partial charge < -0.3 is 4.42 Å². The second-order valence-corrected chi connectivity index (χ2v) is 7.13. The van der Waals surface area contributed by atoms with Crippen molar-refractivity contribution in [1.82, 2.24) is 0 Å². The molecule has 0 unspecified atom stereocenters. The Morgan fingerprint density at radius 3 is 2.29 bits per heavy atom. The molecule has 2 N–H and O–H groups in total. The van der Waals surface area contributed by atoms with Crippen molar-refractivity contribution >= 4 is 10.0 Å². The molecule has 4 nitrogen and oxygen atoms in total. The Morgan fingerprint density at radius 1 is 0.958 bits per heavy atom. The van der Waals surface area contributed by atoms with E-state index in [0.29, 0.717) is 5.56 Å². The summed E-state index contributed by atoms with van der Waals surface area (Å²) >= 11 is 0. The minimum Gasteiger partial charge on any atom is -0.468 e. The van der Waals surface area contributed by atoms with E-state index in [1.54, 1.807) is 24.5 Å². The Morgan fingerprint density at radius 2 is 1.62 bits per heavy atom. The van der Waals surface area contributed by atoms with Gasteiger partial charge in [-0.2, -0.15) is 0 Å². The van der Waals surface area contributed by atoms with E-state index >= 15 is 0 Å². The average Bonchev–Trinajstić information content (AvgIpc) is 2.99. The third-order valence-corrected chi connectivity index (χ3v) is 4.86. The van der Waals surface area contributed by atoms with E-state index in [4.69, 9.17) is 9.56 Å². The lowest BCUT2D eigenvalue weighted by Crippen LogP contribution is -2.13. The molecule has 5 heteroatoms. The molecule has 3 aromatic rings. The number of rotatable bonds is 5. The Bertz CT molecular complexity index is 944. The smallest absolute Gasteiger partial charge is 0.238 e. The van der Waals surface area contributed by atoms with Crippen molar-refractivity contribution in [1.29, 1.82) is 0 Å². The fourth-order valence-corrected chi connectivity index (χ4v) is 3.62. The first-order valence-electron chi connectivity index (χ1n) is 7.80. The van der Waals surface area contributed by atoms with Crippen LogP contribution in [-0.4, -0.2) is 8.42 Å². The van der Waals surface area contributed by atoms with Crippen LogP contribution in [0.15, 0.2) is 70.2 Å². The second-order valence-electron chi connectivity index (χ2n) is 5.60. The molecule has 0 aliphatic rings. The van der Waals surface area contributed by atoms with Crippen molar-refractivity contribution in [2.45, 2.75) is 24.7 Å². The van der Waals surface area contributed by atoms with Crippen molar-refractivity contribution < 1.29 is 12.8 Å². The molecule has 0 atom stereocenters. The second kappa shape index (κ2) is 6.63. The van der Waals surface area contributed by atoms with Gasteiger partial charge in [-0.25, -0.2) is 13.6 Å². The van der Waals surface area contributed by atoms with E-state index < -0.39 is 10.0 Å². The summed E-state index contributed by atoms with van der Waals surface area (Å²) in [5.74, 6) is 0.850. The summed E-state index contributed by atoms with van der Waals surface area (Å²) in [4.78, 5) is 0.103. The van der Waals surface area contributed by atoms with Gasteiger partial charge in [0.2, 0.25) is 10.0 Å². The molecule has 24 heavy (non-hydrogen) atoms. The van der Waals surface area contributed by atoms with Gasteiger partial charge in [0.15, 0.2) is 0 Å². The number of nitrogens with two attached hydrogens (primary N) is 1. The summed E-state index contributed by atoms with van der Waals surface area (Å²) in [7, 11) is -3.83. The van der Waals surface area contributed by atoms with Crippen molar-refractivity contribution in [3.8, 4) is 22.3 Å². The van der Waals surface area contributed by atoms with E-state index in [1.165, 1.54) is 6.07 Å². The van der Waals surface area contributed by atoms with Crippen LogP contribution >= 0.6 is 0 Å². The number of hydrogen-bond donors (Lipinski definition) is 1. The molecule has 0 aliphatic heterocycles. The first kappa shape index (κ1) is 16.5. The summed E-state index contributed by atoms with van der Waals surface area (Å²) in [6.07, 6.45) is 3.34. The summed E-state index contributed by atoms with van der Waals surface area (Å²) in [5.41, 5.74) is 3.22. The van der Waals surface area contributed by atoms with Crippen LogP contribution in [-0.2, 0) is 16.4 Å². The van der Waals surface area contributed by atoms with Crippen LogP contribution in [0.25, 0.3) is 22.3 Å². The van der Waals surface area contributed by atoms with Gasteiger partial charge >= 0.3 is 0 Å². The molecule has 0 radical (unpaired) electrons. The standard InChI is InChI=1S/C19H19NO3S/c1-2-8-17-19(14-9-4-3-5-10-14)16(13-23-17)15-11-6-7-12-18(15)24(20,21)22/h3-7,9-13H,2,8H2,1H3,(H2,20,21,22). The molecule has 0 aliphatic carbocycles. The average molecular weight is 341 g/mol. The molecule has 3 rings (SSSR count). The highest BCUT2D eigenvalue weighted by molar-refractivity contribution is 7.89. The lowest BCUT2D eigenvalue weighted by molar-refractivity contribution is 0.508. The lowest BCUT2D eigenvalue weighted by atomic mass is 9.95. The van der Waals surface area contributed by atoms with Crippen LogP contribution in [0.1, 0.15) is 19.1 Å². The highest BCUT2D eigenvalue weighted by Gasteiger charge is 2.21. The normalized spacial score (nSPS) is 11.6. The molecular formula is C19H19NO3S. The van der Waals surface area contributed by atoms with Crippen LogP contribution in [0.4, 0.5) is 0 Å². The van der Waals surface area contributed by atoms with Crippen molar-refractivity contribution in [3.63, 3.8) is 0 Å². The van der Waals surface area contributed by atoms with E-state index in [-0.39, 0.29) is 4.90 Å². The zero-order valence-electron chi connectivity index (χ0n) is 13.4. The largest absolute Gasteiger partial charge is 0.468 e. The van der Waals surface area contributed by atoms with Gasteiger partial charge in [0.1, 0.15) is 5.76 Å².